The van der Waals surface area contributed by atoms with Crippen molar-refractivity contribution in [1.82, 2.24) is 14.6 Å². The van der Waals surface area contributed by atoms with E-state index in [-0.39, 0.29) is 0 Å². The van der Waals surface area contributed by atoms with Crippen molar-refractivity contribution in [3.8, 4) is 16.8 Å². The molecule has 0 saturated heterocycles. The number of pyridine rings is 1. The lowest BCUT2D eigenvalue weighted by Crippen LogP contribution is -1.88. The average molecular weight is 305 g/mol. The lowest BCUT2D eigenvalue weighted by Gasteiger charge is -1.97. The molecule has 0 bridgehead atoms. The van der Waals surface area contributed by atoms with Gasteiger partial charge in [0.15, 0.2) is 11.5 Å². The molecule has 0 atom stereocenters. The molecule has 17 heavy (non-hydrogen) atoms. The van der Waals surface area contributed by atoms with Gasteiger partial charge in [-0.3, -0.25) is 4.40 Å². The highest BCUT2D eigenvalue weighted by Crippen LogP contribution is 2.32. The number of nitrogens with zero attached hydrogens (tertiary/aromatic N) is 4. The normalized spacial score (nSPS) is 10.6. The zero-order valence-electron chi connectivity index (χ0n) is 8.46. The molecular weight excluding hydrogens is 300 g/mol. The number of hydrogen-bond donors (Lipinski definition) is 0. The molecule has 0 aliphatic rings. The minimum absolute atomic E-state index is 0.585. The van der Waals surface area contributed by atoms with E-state index in [1.54, 1.807) is 23.5 Å². The Bertz CT molecular complexity index is 737. The highest BCUT2D eigenvalue weighted by atomic mass is 79.9. The van der Waals surface area contributed by atoms with Crippen LogP contribution in [0.4, 0.5) is 0 Å². The average Bonchev–Trinajstić information content (AvgIpc) is 2.94. The van der Waals surface area contributed by atoms with Crippen LogP contribution in [-0.2, 0) is 0 Å². The third kappa shape index (κ3) is 1.64. The first-order valence-electron chi connectivity index (χ1n) is 4.78. The number of thiophene rings is 1. The summed E-state index contributed by atoms with van der Waals surface area (Å²) in [6, 6.07) is 7.54. The van der Waals surface area contributed by atoms with Crippen LogP contribution in [0, 0.1) is 11.3 Å². The van der Waals surface area contributed by atoms with Crippen molar-refractivity contribution in [3.63, 3.8) is 0 Å². The van der Waals surface area contributed by atoms with Gasteiger partial charge in [-0.25, -0.2) is 0 Å². The van der Waals surface area contributed by atoms with Crippen LogP contribution in [0.2, 0.25) is 0 Å². The van der Waals surface area contributed by atoms with Gasteiger partial charge in [-0.2, -0.15) is 5.26 Å². The summed E-state index contributed by atoms with van der Waals surface area (Å²) in [5.74, 6) is 0.784. The molecule has 0 aromatic carbocycles. The van der Waals surface area contributed by atoms with Gasteiger partial charge in [-0.05, 0) is 33.4 Å². The van der Waals surface area contributed by atoms with Crippen LogP contribution in [0.1, 0.15) is 5.56 Å². The molecule has 0 fully saturated rings. The topological polar surface area (TPSA) is 54.0 Å². The first kappa shape index (κ1) is 10.4. The second-order valence-corrected chi connectivity index (χ2v) is 5.15. The van der Waals surface area contributed by atoms with Gasteiger partial charge in [-0.15, -0.1) is 21.5 Å². The lowest BCUT2D eigenvalue weighted by molar-refractivity contribution is 1.12. The van der Waals surface area contributed by atoms with Gasteiger partial charge in [0, 0.05) is 16.7 Å². The zero-order chi connectivity index (χ0) is 11.8. The number of halogens is 1. The maximum Gasteiger partial charge on any atom is 0.179 e. The largest absolute Gasteiger partial charge is 0.282 e. The van der Waals surface area contributed by atoms with Crippen LogP contribution in [0.15, 0.2) is 34.2 Å². The number of fused-ring (bicyclic) bond motifs is 1. The summed E-state index contributed by atoms with van der Waals surface area (Å²) in [5.41, 5.74) is 1.26. The number of rotatable bonds is 1. The molecule has 0 radical (unpaired) electrons. The molecule has 0 unspecified atom stereocenters. The van der Waals surface area contributed by atoms with Gasteiger partial charge in [-0.1, -0.05) is 0 Å². The third-order valence-corrected chi connectivity index (χ3v) is 4.19. The smallest absolute Gasteiger partial charge is 0.179 e. The summed E-state index contributed by atoms with van der Waals surface area (Å²) in [7, 11) is 0. The van der Waals surface area contributed by atoms with E-state index in [1.807, 2.05) is 22.0 Å². The SMILES string of the molecule is N#Cc1ccn2c(-c3sccc3Br)nnc2c1. The van der Waals surface area contributed by atoms with E-state index >= 15 is 0 Å². The molecule has 0 aliphatic carbocycles. The first-order valence-corrected chi connectivity index (χ1v) is 6.45. The monoisotopic (exact) mass is 304 g/mol. The van der Waals surface area contributed by atoms with Crippen LogP contribution < -0.4 is 0 Å². The van der Waals surface area contributed by atoms with E-state index in [0.717, 1.165) is 15.2 Å². The predicted molar refractivity (Wildman–Crippen MR) is 68.7 cm³/mol. The van der Waals surface area contributed by atoms with Crippen molar-refractivity contribution in [2.24, 2.45) is 0 Å². The summed E-state index contributed by atoms with van der Waals surface area (Å²) in [6.07, 6.45) is 1.81. The maximum atomic E-state index is 8.82. The van der Waals surface area contributed by atoms with Crippen LogP contribution in [0.3, 0.4) is 0 Å². The predicted octanol–water partition coefficient (Wildman–Crippen LogP) is 3.09. The summed E-state index contributed by atoms with van der Waals surface area (Å²) >= 11 is 5.08. The van der Waals surface area contributed by atoms with Crippen molar-refractivity contribution < 1.29 is 0 Å². The molecular formula is C11H5BrN4S. The first-order chi connectivity index (χ1) is 8.29. The molecule has 3 heterocycles. The van der Waals surface area contributed by atoms with Crippen LogP contribution in [0.5, 0.6) is 0 Å². The summed E-state index contributed by atoms with van der Waals surface area (Å²) in [5, 5.41) is 19.0. The Labute approximate surface area is 109 Å². The Morgan fingerprint density at radius 3 is 2.94 bits per heavy atom. The Hall–Kier alpha value is -1.71. The highest BCUT2D eigenvalue weighted by Gasteiger charge is 2.12. The standard InChI is InChI=1S/C11H5BrN4S/c12-8-2-4-17-10(8)11-15-14-9-5-7(6-13)1-3-16(9)11/h1-5H. The fourth-order valence-electron chi connectivity index (χ4n) is 1.57. The molecule has 3 rings (SSSR count). The van der Waals surface area contributed by atoms with Crippen molar-refractivity contribution in [3.05, 3.63) is 39.8 Å². The van der Waals surface area contributed by atoms with Crippen molar-refractivity contribution in [1.29, 1.82) is 5.26 Å². The van der Waals surface area contributed by atoms with Crippen LogP contribution >= 0.6 is 27.3 Å². The molecule has 0 amide bonds. The van der Waals surface area contributed by atoms with Crippen LogP contribution in [0.25, 0.3) is 16.3 Å². The van der Waals surface area contributed by atoms with Gasteiger partial charge in [0.05, 0.1) is 16.5 Å². The summed E-state index contributed by atoms with van der Waals surface area (Å²) < 4.78 is 2.87. The maximum absolute atomic E-state index is 8.82. The second kappa shape index (κ2) is 3.95. The Balaban J connectivity index is 2.27. The molecule has 0 saturated carbocycles. The molecule has 4 nitrogen and oxygen atoms in total. The van der Waals surface area contributed by atoms with Gasteiger partial charge in [0.1, 0.15) is 0 Å². The molecule has 0 N–H and O–H groups in total. The van der Waals surface area contributed by atoms with Gasteiger partial charge >= 0.3 is 0 Å². The molecule has 0 spiro atoms. The lowest BCUT2D eigenvalue weighted by atomic mass is 10.3. The Kier molecular flexibility index (Phi) is 2.42. The fraction of sp³-hybridized carbons (Fsp3) is 0. The highest BCUT2D eigenvalue weighted by molar-refractivity contribution is 9.10. The van der Waals surface area contributed by atoms with Crippen molar-refractivity contribution in [2.75, 3.05) is 0 Å². The van der Waals surface area contributed by atoms with E-state index in [2.05, 4.69) is 32.2 Å². The van der Waals surface area contributed by atoms with E-state index in [9.17, 15) is 0 Å². The van der Waals surface area contributed by atoms with Gasteiger partial charge in [0.25, 0.3) is 0 Å². The van der Waals surface area contributed by atoms with E-state index in [1.165, 1.54) is 0 Å². The summed E-state index contributed by atoms with van der Waals surface area (Å²) in [6.45, 7) is 0. The minimum atomic E-state index is 0.585. The van der Waals surface area contributed by atoms with Crippen LogP contribution in [-0.4, -0.2) is 14.6 Å². The second-order valence-electron chi connectivity index (χ2n) is 3.38. The number of aromatic nitrogens is 3. The molecule has 0 aliphatic heterocycles. The van der Waals surface area contributed by atoms with Gasteiger partial charge in [0.2, 0.25) is 0 Å². The van der Waals surface area contributed by atoms with Crippen molar-refractivity contribution in [2.45, 2.75) is 0 Å². The van der Waals surface area contributed by atoms with E-state index in [4.69, 9.17) is 5.26 Å². The molecule has 3 aromatic heterocycles. The quantitative estimate of drug-likeness (QED) is 0.694. The third-order valence-electron chi connectivity index (χ3n) is 2.36. The van der Waals surface area contributed by atoms with E-state index in [0.29, 0.717) is 11.2 Å². The minimum Gasteiger partial charge on any atom is -0.282 e. The Morgan fingerprint density at radius 2 is 2.24 bits per heavy atom. The summed E-state index contributed by atoms with van der Waals surface area (Å²) in [4.78, 5) is 1.03. The van der Waals surface area contributed by atoms with E-state index < -0.39 is 0 Å². The zero-order valence-corrected chi connectivity index (χ0v) is 10.9. The fourth-order valence-corrected chi connectivity index (χ4v) is 3.10. The number of nitriles is 1. The van der Waals surface area contributed by atoms with Crippen molar-refractivity contribution >= 4 is 32.9 Å². The Morgan fingerprint density at radius 1 is 1.35 bits per heavy atom. The number of hydrogen-bond acceptors (Lipinski definition) is 4. The molecule has 6 heteroatoms. The molecule has 82 valence electrons. The van der Waals surface area contributed by atoms with Gasteiger partial charge < -0.3 is 0 Å². The molecule has 3 aromatic rings.